The minimum Gasteiger partial charge on any atom is -0.481 e. The van der Waals surface area contributed by atoms with Gasteiger partial charge in [-0.15, -0.1) is 0 Å². The first kappa shape index (κ1) is 11.5. The molecule has 2 atom stereocenters. The molecule has 0 aromatic heterocycles. The molecule has 0 amide bonds. The van der Waals surface area contributed by atoms with Gasteiger partial charge in [0.2, 0.25) is 0 Å². The van der Waals surface area contributed by atoms with Crippen molar-refractivity contribution >= 4 is 5.97 Å². The predicted molar refractivity (Wildman–Crippen MR) is 56.0 cm³/mol. The Morgan fingerprint density at radius 2 is 2.00 bits per heavy atom. The van der Waals surface area contributed by atoms with Crippen molar-refractivity contribution in [3.8, 4) is 0 Å². The van der Waals surface area contributed by atoms with E-state index in [9.17, 15) is 9.90 Å². The molecule has 0 saturated heterocycles. The van der Waals surface area contributed by atoms with E-state index in [4.69, 9.17) is 5.73 Å². The van der Waals surface area contributed by atoms with Gasteiger partial charge in [-0.2, -0.15) is 0 Å². The van der Waals surface area contributed by atoms with Gasteiger partial charge in [-0.25, -0.2) is 0 Å². The lowest BCUT2D eigenvalue weighted by Gasteiger charge is -2.47. The topological polar surface area (TPSA) is 63.3 Å². The third-order valence-electron chi connectivity index (χ3n) is 3.69. The average Bonchev–Trinajstić information content (AvgIpc) is 2.02. The summed E-state index contributed by atoms with van der Waals surface area (Å²) in [6, 6.07) is -0.200. The van der Waals surface area contributed by atoms with E-state index in [1.54, 1.807) is 0 Å². The lowest BCUT2D eigenvalue weighted by molar-refractivity contribution is -0.161. The number of rotatable bonds is 1. The van der Waals surface area contributed by atoms with E-state index >= 15 is 0 Å². The lowest BCUT2D eigenvalue weighted by Crippen LogP contribution is -2.56. The normalized spacial score (nSPS) is 34.1. The second-order valence-electron chi connectivity index (χ2n) is 5.38. The SMILES string of the molecule is CC(C)(C)C1(C(=O)O)CCCCC1N. The third kappa shape index (κ3) is 1.54. The monoisotopic (exact) mass is 199 g/mol. The van der Waals surface area contributed by atoms with Gasteiger partial charge in [0.05, 0.1) is 5.41 Å². The molecule has 1 fully saturated rings. The molecule has 0 aromatic rings. The van der Waals surface area contributed by atoms with Crippen molar-refractivity contribution in [2.24, 2.45) is 16.6 Å². The fourth-order valence-electron chi connectivity index (χ4n) is 2.72. The van der Waals surface area contributed by atoms with Gasteiger partial charge in [0.15, 0.2) is 0 Å². The second-order valence-corrected chi connectivity index (χ2v) is 5.38. The van der Waals surface area contributed by atoms with Crippen molar-refractivity contribution in [1.82, 2.24) is 0 Å². The minimum atomic E-state index is -0.731. The zero-order chi connectivity index (χ0) is 11.0. The van der Waals surface area contributed by atoms with Crippen LogP contribution in [0.5, 0.6) is 0 Å². The zero-order valence-electron chi connectivity index (χ0n) is 9.34. The second kappa shape index (κ2) is 3.54. The largest absolute Gasteiger partial charge is 0.481 e. The van der Waals surface area contributed by atoms with Crippen LogP contribution in [0.2, 0.25) is 0 Å². The maximum absolute atomic E-state index is 11.5. The molecule has 0 heterocycles. The van der Waals surface area contributed by atoms with Gasteiger partial charge in [0.25, 0.3) is 0 Å². The van der Waals surface area contributed by atoms with Crippen LogP contribution >= 0.6 is 0 Å². The Balaban J connectivity index is 3.08. The molecule has 0 bridgehead atoms. The third-order valence-corrected chi connectivity index (χ3v) is 3.69. The summed E-state index contributed by atoms with van der Waals surface area (Å²) in [5, 5.41) is 9.41. The smallest absolute Gasteiger partial charge is 0.311 e. The van der Waals surface area contributed by atoms with Crippen LogP contribution in [0.4, 0.5) is 0 Å². The first-order chi connectivity index (χ1) is 6.32. The molecule has 3 heteroatoms. The van der Waals surface area contributed by atoms with E-state index in [1.807, 2.05) is 20.8 Å². The van der Waals surface area contributed by atoms with Gasteiger partial charge in [0.1, 0.15) is 0 Å². The van der Waals surface area contributed by atoms with E-state index in [1.165, 1.54) is 0 Å². The summed E-state index contributed by atoms with van der Waals surface area (Å²) >= 11 is 0. The summed E-state index contributed by atoms with van der Waals surface area (Å²) < 4.78 is 0. The summed E-state index contributed by atoms with van der Waals surface area (Å²) in [4.78, 5) is 11.5. The highest BCUT2D eigenvalue weighted by Gasteiger charge is 2.53. The van der Waals surface area contributed by atoms with Crippen molar-refractivity contribution in [3.63, 3.8) is 0 Å². The molecule has 0 aromatic carbocycles. The molecule has 1 aliphatic carbocycles. The molecule has 3 N–H and O–H groups in total. The molecule has 0 aliphatic heterocycles. The van der Waals surface area contributed by atoms with Gasteiger partial charge in [0, 0.05) is 6.04 Å². The van der Waals surface area contributed by atoms with Gasteiger partial charge >= 0.3 is 5.97 Å². The van der Waals surface area contributed by atoms with E-state index in [0.29, 0.717) is 6.42 Å². The highest BCUT2D eigenvalue weighted by atomic mass is 16.4. The maximum Gasteiger partial charge on any atom is 0.311 e. The minimum absolute atomic E-state index is 0.200. The van der Waals surface area contributed by atoms with Gasteiger partial charge < -0.3 is 10.8 Å². The maximum atomic E-state index is 11.5. The van der Waals surface area contributed by atoms with Crippen LogP contribution in [-0.2, 0) is 4.79 Å². The Kier molecular flexibility index (Phi) is 2.91. The van der Waals surface area contributed by atoms with E-state index in [2.05, 4.69) is 0 Å². The summed E-state index contributed by atoms with van der Waals surface area (Å²) in [6.45, 7) is 5.94. The number of carboxylic acids is 1. The number of hydrogen-bond acceptors (Lipinski definition) is 2. The molecule has 3 nitrogen and oxygen atoms in total. The van der Waals surface area contributed by atoms with Crippen molar-refractivity contribution in [1.29, 1.82) is 0 Å². The summed E-state index contributed by atoms with van der Waals surface area (Å²) in [7, 11) is 0. The quantitative estimate of drug-likeness (QED) is 0.679. The number of carboxylic acid groups (broad SMARTS) is 1. The molecule has 0 spiro atoms. The first-order valence-corrected chi connectivity index (χ1v) is 5.31. The molecule has 14 heavy (non-hydrogen) atoms. The Labute approximate surface area is 85.7 Å². The number of hydrogen-bond donors (Lipinski definition) is 2. The van der Waals surface area contributed by atoms with Crippen molar-refractivity contribution in [2.45, 2.75) is 52.5 Å². The molecule has 1 aliphatic rings. The fourth-order valence-corrected chi connectivity index (χ4v) is 2.72. The van der Waals surface area contributed by atoms with Gasteiger partial charge in [-0.05, 0) is 18.3 Å². The van der Waals surface area contributed by atoms with E-state index < -0.39 is 11.4 Å². The van der Waals surface area contributed by atoms with Crippen LogP contribution in [-0.4, -0.2) is 17.1 Å². The fraction of sp³-hybridized carbons (Fsp3) is 0.909. The number of nitrogens with two attached hydrogens (primary N) is 1. The van der Waals surface area contributed by atoms with Crippen LogP contribution in [0.25, 0.3) is 0 Å². The Hall–Kier alpha value is -0.570. The van der Waals surface area contributed by atoms with Crippen molar-refractivity contribution in [3.05, 3.63) is 0 Å². The van der Waals surface area contributed by atoms with Crippen LogP contribution in [0.3, 0.4) is 0 Å². The predicted octanol–water partition coefficient (Wildman–Crippen LogP) is 2.00. The number of aliphatic carboxylic acids is 1. The Morgan fingerprint density at radius 1 is 1.43 bits per heavy atom. The summed E-state index contributed by atoms with van der Waals surface area (Å²) in [5.74, 6) is -0.725. The van der Waals surface area contributed by atoms with Gasteiger partial charge in [-0.1, -0.05) is 33.6 Å². The molecular weight excluding hydrogens is 178 g/mol. The first-order valence-electron chi connectivity index (χ1n) is 5.31. The number of carbonyl (C=O) groups is 1. The van der Waals surface area contributed by atoms with E-state index in [0.717, 1.165) is 19.3 Å². The summed E-state index contributed by atoms with van der Waals surface area (Å²) in [6.07, 6.45) is 3.60. The van der Waals surface area contributed by atoms with Crippen LogP contribution in [0.1, 0.15) is 46.5 Å². The van der Waals surface area contributed by atoms with E-state index in [-0.39, 0.29) is 11.5 Å². The summed E-state index contributed by atoms with van der Waals surface area (Å²) in [5.41, 5.74) is 5.02. The molecule has 0 radical (unpaired) electrons. The highest BCUT2D eigenvalue weighted by molar-refractivity contribution is 5.77. The Bertz CT molecular complexity index is 232. The molecule has 1 rings (SSSR count). The zero-order valence-corrected chi connectivity index (χ0v) is 9.34. The molecule has 1 saturated carbocycles. The van der Waals surface area contributed by atoms with Crippen molar-refractivity contribution < 1.29 is 9.90 Å². The Morgan fingerprint density at radius 3 is 2.29 bits per heavy atom. The lowest BCUT2D eigenvalue weighted by atomic mass is 9.57. The van der Waals surface area contributed by atoms with Crippen LogP contribution in [0.15, 0.2) is 0 Å². The molecular formula is C11H21NO2. The molecule has 82 valence electrons. The van der Waals surface area contributed by atoms with Gasteiger partial charge in [-0.3, -0.25) is 4.79 Å². The molecule has 2 unspecified atom stereocenters. The van der Waals surface area contributed by atoms with Crippen LogP contribution in [0, 0.1) is 10.8 Å². The van der Waals surface area contributed by atoms with Crippen LogP contribution < -0.4 is 5.73 Å². The highest BCUT2D eigenvalue weighted by Crippen LogP contribution is 2.49. The average molecular weight is 199 g/mol. The van der Waals surface area contributed by atoms with Crippen molar-refractivity contribution in [2.75, 3.05) is 0 Å². The standard InChI is InChI=1S/C11H21NO2/c1-10(2,3)11(9(13)14)7-5-4-6-8(11)12/h8H,4-7,12H2,1-3H3,(H,13,14).